The highest BCUT2D eigenvalue weighted by Crippen LogP contribution is 2.29. The normalized spacial score (nSPS) is 21.9. The summed E-state index contributed by atoms with van der Waals surface area (Å²) in [5.41, 5.74) is 1.23. The number of fused-ring (bicyclic) bond motifs is 1. The van der Waals surface area contributed by atoms with Gasteiger partial charge in [0.1, 0.15) is 0 Å². The third-order valence-corrected chi connectivity index (χ3v) is 1.77. The first-order valence-electron chi connectivity index (χ1n) is 3.37. The molecule has 0 heterocycles. The fraction of sp³-hybridized carbons (Fsp3) is 0.111. The van der Waals surface area contributed by atoms with Crippen molar-refractivity contribution < 1.29 is 9.90 Å². The number of hydrogen-bond acceptors (Lipinski definition) is 2. The van der Waals surface area contributed by atoms with E-state index >= 15 is 0 Å². The van der Waals surface area contributed by atoms with Crippen molar-refractivity contribution in [2.24, 2.45) is 0 Å². The number of ketones is 1. The van der Waals surface area contributed by atoms with E-state index in [1.807, 2.05) is 0 Å². The van der Waals surface area contributed by atoms with Crippen LogP contribution in [0.25, 0.3) is 0 Å². The molecule has 1 unspecified atom stereocenters. The Balaban J connectivity index is 2.60. The first-order valence-corrected chi connectivity index (χ1v) is 3.37. The van der Waals surface area contributed by atoms with Gasteiger partial charge in [0, 0.05) is 5.56 Å². The molecule has 1 aromatic rings. The number of aliphatic hydroxyl groups is 1. The van der Waals surface area contributed by atoms with Crippen LogP contribution >= 0.6 is 0 Å². The van der Waals surface area contributed by atoms with Gasteiger partial charge in [0.2, 0.25) is 0 Å². The van der Waals surface area contributed by atoms with E-state index in [0.717, 1.165) is 0 Å². The molecule has 1 aliphatic rings. The van der Waals surface area contributed by atoms with Crippen LogP contribution in [0.4, 0.5) is 0 Å². The zero-order chi connectivity index (χ0) is 7.84. The largest absolute Gasteiger partial charge is 0.387 e. The maximum Gasteiger partial charge on any atom is 0.174 e. The van der Waals surface area contributed by atoms with Crippen molar-refractivity contribution >= 4 is 5.78 Å². The fourth-order valence-electron chi connectivity index (χ4n) is 1.22. The van der Waals surface area contributed by atoms with Crippen LogP contribution in [0.3, 0.4) is 0 Å². The maximum atomic E-state index is 11.0. The molecule has 2 radical (unpaired) electrons. The minimum absolute atomic E-state index is 0.201. The van der Waals surface area contributed by atoms with Gasteiger partial charge in [-0.05, 0) is 5.56 Å². The molecule has 1 aliphatic carbocycles. The molecular formula is C9H6O2. The average Bonchev–Trinajstić information content (AvgIpc) is 2.30. The van der Waals surface area contributed by atoms with Crippen molar-refractivity contribution in [2.45, 2.75) is 6.10 Å². The van der Waals surface area contributed by atoms with Crippen LogP contribution in [0.15, 0.2) is 24.3 Å². The second-order valence-corrected chi connectivity index (χ2v) is 2.46. The van der Waals surface area contributed by atoms with E-state index < -0.39 is 6.10 Å². The molecule has 2 nitrogen and oxygen atoms in total. The van der Waals surface area contributed by atoms with Crippen LogP contribution in [-0.4, -0.2) is 10.9 Å². The van der Waals surface area contributed by atoms with Crippen LogP contribution in [0.2, 0.25) is 0 Å². The lowest BCUT2D eigenvalue weighted by molar-refractivity contribution is 0.101. The minimum atomic E-state index is -0.821. The lowest BCUT2D eigenvalue weighted by atomic mass is 10.1. The van der Waals surface area contributed by atoms with Gasteiger partial charge < -0.3 is 5.11 Å². The summed E-state index contributed by atoms with van der Waals surface area (Å²) < 4.78 is 0. The van der Waals surface area contributed by atoms with Crippen molar-refractivity contribution in [2.75, 3.05) is 0 Å². The number of carbonyl (C=O) groups is 1. The highest BCUT2D eigenvalue weighted by Gasteiger charge is 2.27. The summed E-state index contributed by atoms with van der Waals surface area (Å²) in [6, 6.07) is 7.00. The quantitative estimate of drug-likeness (QED) is 0.592. The van der Waals surface area contributed by atoms with Crippen LogP contribution in [-0.2, 0) is 0 Å². The van der Waals surface area contributed by atoms with Crippen molar-refractivity contribution in [3.05, 3.63) is 41.8 Å². The van der Waals surface area contributed by atoms with Crippen LogP contribution < -0.4 is 0 Å². The third kappa shape index (κ3) is 0.870. The Bertz CT molecular complexity index is 304. The molecular weight excluding hydrogens is 140 g/mol. The Morgan fingerprint density at radius 2 is 2.09 bits per heavy atom. The summed E-state index contributed by atoms with van der Waals surface area (Å²) in [6.45, 7) is 0. The van der Waals surface area contributed by atoms with Gasteiger partial charge in [-0.3, -0.25) is 4.79 Å². The zero-order valence-corrected chi connectivity index (χ0v) is 5.74. The van der Waals surface area contributed by atoms with Gasteiger partial charge in [-0.1, -0.05) is 24.3 Å². The predicted octanol–water partition coefficient (Wildman–Crippen LogP) is 0.998. The molecule has 0 aliphatic heterocycles. The van der Waals surface area contributed by atoms with Crippen LogP contribution in [0.5, 0.6) is 0 Å². The summed E-state index contributed by atoms with van der Waals surface area (Å²) in [4.78, 5) is 11.0. The van der Waals surface area contributed by atoms with Crippen molar-refractivity contribution in [1.82, 2.24) is 0 Å². The second-order valence-electron chi connectivity index (χ2n) is 2.46. The maximum absolute atomic E-state index is 11.0. The summed E-state index contributed by atoms with van der Waals surface area (Å²) in [7, 11) is 0. The Labute approximate surface area is 64.5 Å². The van der Waals surface area contributed by atoms with E-state index in [2.05, 4.69) is 6.42 Å². The predicted molar refractivity (Wildman–Crippen MR) is 39.0 cm³/mol. The Kier molecular flexibility index (Phi) is 1.29. The molecule has 2 heteroatoms. The van der Waals surface area contributed by atoms with E-state index in [4.69, 9.17) is 0 Å². The van der Waals surface area contributed by atoms with Crippen LogP contribution in [0, 0.1) is 6.42 Å². The molecule has 0 saturated heterocycles. The van der Waals surface area contributed by atoms with Crippen LogP contribution in [0.1, 0.15) is 22.0 Å². The Morgan fingerprint density at radius 3 is 2.82 bits per heavy atom. The standard InChI is InChI=1S/C9H6O2/c10-8-5-9(11)7-4-2-1-3-6(7)8/h1-4,8,10H. The SMILES string of the molecule is O=C1[C]C(O)c2ccccc21. The molecule has 0 amide bonds. The molecule has 0 saturated carbocycles. The topological polar surface area (TPSA) is 37.3 Å². The summed E-state index contributed by atoms with van der Waals surface area (Å²) in [5.74, 6) is -0.201. The first-order chi connectivity index (χ1) is 5.29. The summed E-state index contributed by atoms with van der Waals surface area (Å²) in [6.07, 6.45) is 1.58. The molecule has 1 atom stereocenters. The summed E-state index contributed by atoms with van der Waals surface area (Å²) in [5, 5.41) is 9.22. The number of carbonyl (C=O) groups excluding carboxylic acids is 1. The number of Topliss-reactive ketones (excluding diaryl/α,β-unsaturated/α-hetero) is 1. The molecule has 54 valence electrons. The second kappa shape index (κ2) is 2.17. The van der Waals surface area contributed by atoms with Gasteiger partial charge in [0.15, 0.2) is 5.78 Å². The molecule has 1 N–H and O–H groups in total. The average molecular weight is 146 g/mol. The monoisotopic (exact) mass is 146 g/mol. The molecule has 1 aromatic carbocycles. The van der Waals surface area contributed by atoms with E-state index in [-0.39, 0.29) is 5.78 Å². The van der Waals surface area contributed by atoms with Gasteiger partial charge in [-0.25, -0.2) is 0 Å². The smallest absolute Gasteiger partial charge is 0.174 e. The van der Waals surface area contributed by atoms with E-state index in [9.17, 15) is 9.90 Å². The van der Waals surface area contributed by atoms with E-state index in [1.165, 1.54) is 0 Å². The van der Waals surface area contributed by atoms with Crippen molar-refractivity contribution in [1.29, 1.82) is 0 Å². The Hall–Kier alpha value is -1.15. The van der Waals surface area contributed by atoms with Gasteiger partial charge in [-0.2, -0.15) is 0 Å². The number of rotatable bonds is 0. The molecule has 0 bridgehead atoms. The van der Waals surface area contributed by atoms with E-state index in [0.29, 0.717) is 11.1 Å². The minimum Gasteiger partial charge on any atom is -0.387 e. The van der Waals surface area contributed by atoms with Gasteiger partial charge >= 0.3 is 0 Å². The van der Waals surface area contributed by atoms with Gasteiger partial charge in [0.25, 0.3) is 0 Å². The number of hydrogen-bond donors (Lipinski definition) is 1. The lowest BCUT2D eigenvalue weighted by Gasteiger charge is -1.98. The molecule has 0 spiro atoms. The molecule has 11 heavy (non-hydrogen) atoms. The summed E-state index contributed by atoms with van der Waals surface area (Å²) >= 11 is 0. The highest BCUT2D eigenvalue weighted by atomic mass is 16.3. The zero-order valence-electron chi connectivity index (χ0n) is 5.74. The first kappa shape index (κ1) is 6.55. The van der Waals surface area contributed by atoms with Gasteiger partial charge in [-0.15, -0.1) is 0 Å². The van der Waals surface area contributed by atoms with Crippen molar-refractivity contribution in [3.8, 4) is 0 Å². The van der Waals surface area contributed by atoms with Gasteiger partial charge in [0.05, 0.1) is 12.5 Å². The number of benzene rings is 1. The molecule has 0 aromatic heterocycles. The molecule has 0 fully saturated rings. The fourth-order valence-corrected chi connectivity index (χ4v) is 1.22. The number of aliphatic hydroxyl groups excluding tert-OH is 1. The molecule has 2 rings (SSSR count). The third-order valence-electron chi connectivity index (χ3n) is 1.77. The lowest BCUT2D eigenvalue weighted by Crippen LogP contribution is -1.91. The highest BCUT2D eigenvalue weighted by molar-refractivity contribution is 6.07. The van der Waals surface area contributed by atoms with Crippen molar-refractivity contribution in [3.63, 3.8) is 0 Å². The van der Waals surface area contributed by atoms with E-state index in [1.54, 1.807) is 24.3 Å². The Morgan fingerprint density at radius 1 is 1.36 bits per heavy atom.